The van der Waals surface area contributed by atoms with E-state index in [1.807, 2.05) is 143 Å². The summed E-state index contributed by atoms with van der Waals surface area (Å²) in [4.78, 5) is 78.9. The summed E-state index contributed by atoms with van der Waals surface area (Å²) in [5.41, 5.74) is 20.9. The predicted molar refractivity (Wildman–Crippen MR) is 325 cm³/mol. The van der Waals surface area contributed by atoms with Crippen LogP contribution < -0.4 is 49.3 Å². The number of nitrogen functional groups attached to an aromatic ring is 2. The minimum atomic E-state index is -0.583. The second-order valence-corrected chi connectivity index (χ2v) is 19.0. The Kier molecular flexibility index (Phi) is 18.8. The minimum Gasteiger partial charge on any atom is -0.465 e. The number of fused-ring (bicyclic) bond motifs is 2. The summed E-state index contributed by atoms with van der Waals surface area (Å²) in [7, 11) is 1.35. The SMILES string of the molecule is C.CC[C@H](Nc1cc(C)nc(N)n1)c1nc2cccc(NCc3ccc(C(=O)NO)cc3)c2c(=O)n1-c1ccccc1.CC[C@H](Nc1cc(C)nc(N)n1)c1nc2cccc(NCc3ccc(C(=O)OC)cc3)c2c(=O)n1-c1ccccc1. The molecule has 1 amide bonds. The first-order valence-corrected chi connectivity index (χ1v) is 26.4. The van der Waals surface area contributed by atoms with E-state index < -0.39 is 5.91 Å². The Morgan fingerprint density at radius 1 is 0.554 bits per heavy atom. The van der Waals surface area contributed by atoms with Gasteiger partial charge in [0, 0.05) is 53.5 Å². The van der Waals surface area contributed by atoms with Gasteiger partial charge in [-0.05, 0) is 111 Å². The monoisotopic (exact) mass is 1120 g/mol. The first-order chi connectivity index (χ1) is 39.7. The number of para-hydroxylation sites is 2. The van der Waals surface area contributed by atoms with Crippen molar-refractivity contribution in [1.29, 1.82) is 0 Å². The van der Waals surface area contributed by atoms with Crippen LogP contribution in [0, 0.1) is 13.8 Å². The Morgan fingerprint density at radius 3 is 1.34 bits per heavy atom. The molecule has 10 aromatic rings. The Balaban J connectivity index is 0.000000214. The number of aromatic nitrogens is 8. The van der Waals surface area contributed by atoms with Gasteiger partial charge in [-0.2, -0.15) is 9.97 Å². The van der Waals surface area contributed by atoms with E-state index in [2.05, 4.69) is 41.2 Å². The first-order valence-electron chi connectivity index (χ1n) is 26.4. The van der Waals surface area contributed by atoms with Crippen LogP contribution >= 0.6 is 0 Å². The molecule has 10 rings (SSSR count). The van der Waals surface area contributed by atoms with Crippen LogP contribution in [0.1, 0.15) is 101 Å². The molecule has 10 N–H and O–H groups in total. The lowest BCUT2D eigenvalue weighted by atomic mass is 10.1. The maximum absolute atomic E-state index is 14.3. The zero-order chi connectivity index (χ0) is 57.9. The van der Waals surface area contributed by atoms with Crippen LogP contribution in [0.15, 0.2) is 167 Å². The van der Waals surface area contributed by atoms with E-state index in [9.17, 15) is 19.2 Å². The van der Waals surface area contributed by atoms with Crippen molar-refractivity contribution in [2.75, 3.05) is 39.8 Å². The second-order valence-electron chi connectivity index (χ2n) is 19.0. The molecule has 2 atom stereocenters. The van der Waals surface area contributed by atoms with Gasteiger partial charge in [-0.15, -0.1) is 0 Å². The molecular formula is C62H65N15O6. The number of carbonyl (C=O) groups excluding carboxylic acids is 2. The van der Waals surface area contributed by atoms with Crippen molar-refractivity contribution < 1.29 is 19.5 Å². The topological polar surface area (TPSA) is 297 Å². The molecule has 0 unspecified atom stereocenters. The minimum absolute atomic E-state index is 0. The van der Waals surface area contributed by atoms with Crippen molar-refractivity contribution in [1.82, 2.24) is 44.5 Å². The molecule has 0 spiro atoms. The van der Waals surface area contributed by atoms with Crippen LogP contribution in [0.2, 0.25) is 0 Å². The lowest BCUT2D eigenvalue weighted by Crippen LogP contribution is -2.28. The Hall–Kier alpha value is -10.5. The molecule has 4 aromatic heterocycles. The van der Waals surface area contributed by atoms with Gasteiger partial charge in [-0.1, -0.05) is 94.1 Å². The summed E-state index contributed by atoms with van der Waals surface area (Å²) in [6.45, 7) is 8.56. The van der Waals surface area contributed by atoms with E-state index in [1.165, 1.54) is 7.11 Å². The van der Waals surface area contributed by atoms with Crippen LogP contribution in [0.3, 0.4) is 0 Å². The normalized spacial score (nSPS) is 11.5. The maximum Gasteiger partial charge on any atom is 0.337 e. The number of ether oxygens (including phenoxy) is 1. The third-order valence-corrected chi connectivity index (χ3v) is 13.4. The third-order valence-electron chi connectivity index (χ3n) is 13.4. The van der Waals surface area contributed by atoms with Gasteiger partial charge in [0.15, 0.2) is 0 Å². The molecule has 0 aliphatic heterocycles. The molecule has 0 aliphatic rings. The highest BCUT2D eigenvalue weighted by molar-refractivity contribution is 5.94. The van der Waals surface area contributed by atoms with Gasteiger partial charge in [0.2, 0.25) is 11.9 Å². The number of nitrogens with zero attached hydrogens (tertiary/aromatic N) is 8. The second kappa shape index (κ2) is 26.6. The van der Waals surface area contributed by atoms with Gasteiger partial charge in [0.25, 0.3) is 17.0 Å². The number of hydrogen-bond donors (Lipinski definition) is 8. The average Bonchev–Trinajstić information content (AvgIpc) is 3.68. The number of hydroxylamine groups is 1. The highest BCUT2D eigenvalue weighted by Crippen LogP contribution is 2.29. The molecule has 424 valence electrons. The number of nitrogens with two attached hydrogens (primary N) is 2. The first kappa shape index (κ1) is 58.6. The zero-order valence-corrected chi connectivity index (χ0v) is 45.7. The van der Waals surface area contributed by atoms with E-state index >= 15 is 0 Å². The van der Waals surface area contributed by atoms with Gasteiger partial charge >= 0.3 is 5.97 Å². The quantitative estimate of drug-likeness (QED) is 0.0225. The molecule has 21 nitrogen and oxygen atoms in total. The number of amides is 1. The molecule has 0 bridgehead atoms. The lowest BCUT2D eigenvalue weighted by molar-refractivity contribution is 0.0600. The van der Waals surface area contributed by atoms with Gasteiger partial charge in [0.05, 0.1) is 57.9 Å². The van der Waals surface area contributed by atoms with E-state index in [1.54, 1.807) is 57.1 Å². The van der Waals surface area contributed by atoms with Crippen molar-refractivity contribution in [2.24, 2.45) is 0 Å². The Labute approximate surface area is 478 Å². The molecule has 6 aromatic carbocycles. The van der Waals surface area contributed by atoms with Gasteiger partial charge in [-0.3, -0.25) is 28.7 Å². The molecule has 0 radical (unpaired) electrons. The lowest BCUT2D eigenvalue weighted by Gasteiger charge is -2.23. The van der Waals surface area contributed by atoms with Crippen molar-refractivity contribution >= 4 is 68.6 Å². The average molecular weight is 1120 g/mol. The van der Waals surface area contributed by atoms with Crippen LogP contribution in [0.25, 0.3) is 33.2 Å². The van der Waals surface area contributed by atoms with Crippen molar-refractivity contribution in [3.05, 3.63) is 224 Å². The Bertz CT molecular complexity index is 3730. The Morgan fingerprint density at radius 2 is 0.964 bits per heavy atom. The number of esters is 1. The number of carbonyl (C=O) groups is 2. The predicted octanol–water partition coefficient (Wildman–Crippen LogP) is 10.0. The fourth-order valence-electron chi connectivity index (χ4n) is 9.41. The molecule has 0 fully saturated rings. The fourth-order valence-corrected chi connectivity index (χ4v) is 9.41. The van der Waals surface area contributed by atoms with E-state index in [0.717, 1.165) is 22.5 Å². The van der Waals surface area contributed by atoms with Crippen LogP contribution in [0.5, 0.6) is 0 Å². The molecule has 83 heavy (non-hydrogen) atoms. The summed E-state index contributed by atoms with van der Waals surface area (Å²) < 4.78 is 8.06. The standard InChI is InChI=1S/C31H31N7O3.C30H30N8O3.CH4/c1-4-23(35-26-17-19(2)34-31(32)37-26)28-36-25-12-8-11-24(27(25)29(39)38(28)22-9-6-5-7-10-22)33-18-20-13-15-21(16-14-20)30(40)41-3;1-3-22(34-25-16-18(2)33-30(31)36-25)27-35-24-11-7-10-23(26(24)29(40)38(27)21-8-5-4-6-9-21)32-17-19-12-14-20(15-13-19)28(39)37-41;/h5-17,23,33H,4,18H2,1-3H3,(H3,32,34,35,37);4-16,22,32,41H,3,17H2,1-2H3,(H,37,39)(H3,31,33,34,36);1H4/t23-;22-;/m00./s1. The number of aryl methyl sites for hydroxylation is 2. The van der Waals surface area contributed by atoms with Gasteiger partial charge in [-0.25, -0.2) is 30.2 Å². The van der Waals surface area contributed by atoms with E-state index in [4.69, 9.17) is 31.4 Å². The number of methoxy groups -OCH3 is 1. The number of benzene rings is 6. The summed E-state index contributed by atoms with van der Waals surface area (Å²) in [5.74, 6) is 1.57. The molecule has 4 heterocycles. The summed E-state index contributed by atoms with van der Waals surface area (Å²) in [6.07, 6.45) is 1.25. The number of hydrogen-bond acceptors (Lipinski definition) is 18. The summed E-state index contributed by atoms with van der Waals surface area (Å²) >= 11 is 0. The van der Waals surface area contributed by atoms with Crippen molar-refractivity contribution in [2.45, 2.75) is 73.1 Å². The smallest absolute Gasteiger partial charge is 0.337 e. The molecule has 0 saturated heterocycles. The summed E-state index contributed by atoms with van der Waals surface area (Å²) in [6, 6.07) is 46.8. The van der Waals surface area contributed by atoms with Crippen LogP contribution in [-0.4, -0.2) is 63.2 Å². The summed E-state index contributed by atoms with van der Waals surface area (Å²) in [5, 5.41) is 23.3. The highest BCUT2D eigenvalue weighted by atomic mass is 16.5. The van der Waals surface area contributed by atoms with E-state index in [0.29, 0.717) is 105 Å². The largest absolute Gasteiger partial charge is 0.465 e. The third kappa shape index (κ3) is 13.6. The molecular weight excluding hydrogens is 1050 g/mol. The number of nitrogens with one attached hydrogen (secondary N) is 5. The van der Waals surface area contributed by atoms with Crippen molar-refractivity contribution in [3.63, 3.8) is 0 Å². The molecule has 0 aliphatic carbocycles. The number of anilines is 6. The zero-order valence-electron chi connectivity index (χ0n) is 45.7. The molecule has 0 saturated carbocycles. The van der Waals surface area contributed by atoms with E-state index in [-0.39, 0.29) is 48.5 Å². The fraction of sp³-hybridized carbons (Fsp3) is 0.194. The van der Waals surface area contributed by atoms with Gasteiger partial charge in [0.1, 0.15) is 23.3 Å². The molecule has 21 heteroatoms. The highest BCUT2D eigenvalue weighted by Gasteiger charge is 2.24. The maximum atomic E-state index is 14.3. The number of rotatable bonds is 18. The van der Waals surface area contributed by atoms with Crippen LogP contribution in [-0.2, 0) is 17.8 Å². The van der Waals surface area contributed by atoms with Gasteiger partial charge < -0.3 is 37.5 Å². The van der Waals surface area contributed by atoms with Crippen LogP contribution in [0.4, 0.5) is 34.9 Å². The van der Waals surface area contributed by atoms with Crippen molar-refractivity contribution in [3.8, 4) is 11.4 Å².